The van der Waals surface area contributed by atoms with Gasteiger partial charge < -0.3 is 9.64 Å². The quantitative estimate of drug-likeness (QED) is 0.404. The van der Waals surface area contributed by atoms with Crippen molar-refractivity contribution < 1.29 is 9.53 Å². The summed E-state index contributed by atoms with van der Waals surface area (Å²) in [6, 6.07) is 11.1. The zero-order valence-electron chi connectivity index (χ0n) is 15.0. The van der Waals surface area contributed by atoms with Crippen LogP contribution in [0.1, 0.15) is 28.4 Å². The van der Waals surface area contributed by atoms with Gasteiger partial charge in [-0.15, -0.1) is 0 Å². The standard InChI is InChI=1S/C20H23ClN2O2/c1-5-23(4)13-22-19-10-15(3)17(11-18(19)21)20(24)12-25-16-8-6-14(2)7-9-16/h6-11,13H,5,12H2,1-4H3. The molecule has 2 aromatic rings. The van der Waals surface area contributed by atoms with Crippen molar-refractivity contribution in [2.24, 2.45) is 4.99 Å². The predicted molar refractivity (Wildman–Crippen MR) is 104 cm³/mol. The minimum atomic E-state index is -0.110. The molecule has 0 aromatic heterocycles. The molecule has 0 aliphatic carbocycles. The highest BCUT2D eigenvalue weighted by atomic mass is 35.5. The summed E-state index contributed by atoms with van der Waals surface area (Å²) in [7, 11) is 1.94. The van der Waals surface area contributed by atoms with E-state index in [1.54, 1.807) is 12.4 Å². The summed E-state index contributed by atoms with van der Waals surface area (Å²) in [5, 5.41) is 0.449. The van der Waals surface area contributed by atoms with E-state index in [-0.39, 0.29) is 12.4 Å². The summed E-state index contributed by atoms with van der Waals surface area (Å²) < 4.78 is 5.57. The molecule has 0 saturated carbocycles. The Hall–Kier alpha value is -2.33. The van der Waals surface area contributed by atoms with E-state index in [0.29, 0.717) is 22.0 Å². The van der Waals surface area contributed by atoms with Gasteiger partial charge in [-0.1, -0.05) is 29.3 Å². The number of hydrogen-bond acceptors (Lipinski definition) is 3. The van der Waals surface area contributed by atoms with Crippen molar-refractivity contribution in [1.29, 1.82) is 0 Å². The van der Waals surface area contributed by atoms with E-state index in [9.17, 15) is 4.79 Å². The van der Waals surface area contributed by atoms with Crippen LogP contribution in [0, 0.1) is 13.8 Å². The van der Waals surface area contributed by atoms with Gasteiger partial charge >= 0.3 is 0 Å². The van der Waals surface area contributed by atoms with Crippen molar-refractivity contribution in [3.63, 3.8) is 0 Å². The fourth-order valence-corrected chi connectivity index (χ4v) is 2.38. The Kier molecular flexibility index (Phi) is 6.59. The number of hydrogen-bond donors (Lipinski definition) is 0. The number of carbonyl (C=O) groups excluding carboxylic acids is 1. The molecule has 0 bridgehead atoms. The maximum atomic E-state index is 12.5. The maximum Gasteiger partial charge on any atom is 0.200 e. The molecule has 0 heterocycles. The second-order valence-corrected chi connectivity index (χ2v) is 6.37. The Bertz CT molecular complexity index is 770. The van der Waals surface area contributed by atoms with E-state index in [2.05, 4.69) is 4.99 Å². The third-order valence-corrected chi connectivity index (χ3v) is 4.18. The van der Waals surface area contributed by atoms with Gasteiger partial charge in [0.1, 0.15) is 5.75 Å². The fraction of sp³-hybridized carbons (Fsp3) is 0.300. The molecule has 2 aromatic carbocycles. The third kappa shape index (κ3) is 5.33. The highest BCUT2D eigenvalue weighted by Crippen LogP contribution is 2.28. The Labute approximate surface area is 154 Å². The van der Waals surface area contributed by atoms with Crippen molar-refractivity contribution in [2.75, 3.05) is 20.2 Å². The zero-order valence-corrected chi connectivity index (χ0v) is 15.8. The summed E-state index contributed by atoms with van der Waals surface area (Å²) in [5.41, 5.74) is 3.18. The molecule has 0 fully saturated rings. The van der Waals surface area contributed by atoms with Gasteiger partial charge in [0.05, 0.1) is 17.0 Å². The monoisotopic (exact) mass is 358 g/mol. The van der Waals surface area contributed by atoms with Crippen LogP contribution in [0.5, 0.6) is 5.75 Å². The van der Waals surface area contributed by atoms with Gasteiger partial charge in [-0.25, -0.2) is 4.99 Å². The molecule has 0 radical (unpaired) electrons. The van der Waals surface area contributed by atoms with Gasteiger partial charge in [-0.05, 0) is 50.6 Å². The van der Waals surface area contributed by atoms with E-state index < -0.39 is 0 Å². The van der Waals surface area contributed by atoms with Gasteiger partial charge in [0.15, 0.2) is 6.61 Å². The molecule has 0 saturated heterocycles. The molecule has 0 spiro atoms. The average Bonchev–Trinajstić information content (AvgIpc) is 2.61. The Morgan fingerprint density at radius 1 is 1.24 bits per heavy atom. The number of rotatable bonds is 7. The molecule has 132 valence electrons. The largest absolute Gasteiger partial charge is 0.485 e. The Balaban J connectivity index is 2.10. The Morgan fingerprint density at radius 3 is 2.56 bits per heavy atom. The van der Waals surface area contributed by atoms with Gasteiger partial charge in [0, 0.05) is 19.2 Å². The number of nitrogens with zero attached hydrogens (tertiary/aromatic N) is 2. The molecule has 25 heavy (non-hydrogen) atoms. The first-order chi connectivity index (χ1) is 11.9. The lowest BCUT2D eigenvalue weighted by atomic mass is 10.0. The lowest BCUT2D eigenvalue weighted by Gasteiger charge is -2.11. The van der Waals surface area contributed by atoms with E-state index in [0.717, 1.165) is 17.7 Å². The van der Waals surface area contributed by atoms with Gasteiger partial charge in [-0.3, -0.25) is 4.79 Å². The highest BCUT2D eigenvalue weighted by Gasteiger charge is 2.13. The van der Waals surface area contributed by atoms with Crippen LogP contribution in [0.25, 0.3) is 0 Å². The first kappa shape index (κ1) is 19.0. The molecular formula is C20H23ClN2O2. The predicted octanol–water partition coefficient (Wildman–Crippen LogP) is 4.83. The number of aryl methyl sites for hydroxylation is 2. The van der Waals surface area contributed by atoms with Crippen LogP contribution in [0.4, 0.5) is 5.69 Å². The molecule has 4 nitrogen and oxygen atoms in total. The zero-order chi connectivity index (χ0) is 18.4. The van der Waals surface area contributed by atoms with Gasteiger partial charge in [-0.2, -0.15) is 0 Å². The lowest BCUT2D eigenvalue weighted by Crippen LogP contribution is -2.14. The molecule has 0 aliphatic heterocycles. The van der Waals surface area contributed by atoms with Crippen LogP contribution in [-0.2, 0) is 0 Å². The molecule has 0 unspecified atom stereocenters. The van der Waals surface area contributed by atoms with E-state index >= 15 is 0 Å². The van der Waals surface area contributed by atoms with Crippen LogP contribution in [0.15, 0.2) is 41.4 Å². The van der Waals surface area contributed by atoms with E-state index in [1.165, 1.54) is 0 Å². The van der Waals surface area contributed by atoms with Crippen molar-refractivity contribution >= 4 is 29.4 Å². The smallest absolute Gasteiger partial charge is 0.200 e. The highest BCUT2D eigenvalue weighted by molar-refractivity contribution is 6.33. The molecule has 0 atom stereocenters. The number of Topliss-reactive ketones (excluding diaryl/α,β-unsaturated/α-hetero) is 1. The Morgan fingerprint density at radius 2 is 1.92 bits per heavy atom. The van der Waals surface area contributed by atoms with Crippen molar-refractivity contribution in [3.8, 4) is 5.75 Å². The fourth-order valence-electron chi connectivity index (χ4n) is 2.17. The number of ether oxygens (including phenoxy) is 1. The van der Waals surface area contributed by atoms with Crippen LogP contribution in [-0.4, -0.2) is 37.2 Å². The lowest BCUT2D eigenvalue weighted by molar-refractivity contribution is 0.0921. The summed E-state index contributed by atoms with van der Waals surface area (Å²) in [4.78, 5) is 18.8. The summed E-state index contributed by atoms with van der Waals surface area (Å²) in [6.45, 7) is 6.74. The van der Waals surface area contributed by atoms with Crippen LogP contribution in [0.3, 0.4) is 0 Å². The second-order valence-electron chi connectivity index (χ2n) is 5.96. The molecule has 2 rings (SSSR count). The van der Waals surface area contributed by atoms with Gasteiger partial charge in [0.25, 0.3) is 0 Å². The SMILES string of the molecule is CCN(C)C=Nc1cc(C)c(C(=O)COc2ccc(C)cc2)cc1Cl. The number of aliphatic imine (C=N–C) groups is 1. The first-order valence-electron chi connectivity index (χ1n) is 8.18. The van der Waals surface area contributed by atoms with Crippen molar-refractivity contribution in [3.05, 3.63) is 58.1 Å². The van der Waals surface area contributed by atoms with E-state index in [4.69, 9.17) is 16.3 Å². The van der Waals surface area contributed by atoms with E-state index in [1.807, 2.05) is 63.1 Å². The first-order valence-corrected chi connectivity index (χ1v) is 8.55. The van der Waals surface area contributed by atoms with Crippen LogP contribution < -0.4 is 4.74 Å². The van der Waals surface area contributed by atoms with Crippen LogP contribution >= 0.6 is 11.6 Å². The van der Waals surface area contributed by atoms with Crippen molar-refractivity contribution in [2.45, 2.75) is 20.8 Å². The molecular weight excluding hydrogens is 336 g/mol. The van der Waals surface area contributed by atoms with Gasteiger partial charge in [0.2, 0.25) is 5.78 Å². The number of benzene rings is 2. The molecule has 0 amide bonds. The summed E-state index contributed by atoms with van der Waals surface area (Å²) in [6.07, 6.45) is 1.72. The minimum absolute atomic E-state index is 0.0264. The molecule has 0 N–H and O–H groups in total. The van der Waals surface area contributed by atoms with Crippen LogP contribution in [0.2, 0.25) is 5.02 Å². The number of halogens is 1. The van der Waals surface area contributed by atoms with Crippen molar-refractivity contribution in [1.82, 2.24) is 4.90 Å². The maximum absolute atomic E-state index is 12.5. The topological polar surface area (TPSA) is 41.9 Å². The molecule has 5 heteroatoms. The third-order valence-electron chi connectivity index (χ3n) is 3.88. The average molecular weight is 359 g/mol. The number of ketones is 1. The summed E-state index contributed by atoms with van der Waals surface area (Å²) >= 11 is 6.28. The summed E-state index contributed by atoms with van der Waals surface area (Å²) in [5.74, 6) is 0.563. The number of carbonyl (C=O) groups is 1. The minimum Gasteiger partial charge on any atom is -0.485 e. The molecule has 0 aliphatic rings. The normalized spacial score (nSPS) is 10.9. The second kappa shape index (κ2) is 8.67.